The number of amidine groups is 1. The van der Waals surface area contributed by atoms with E-state index in [1.54, 1.807) is 20.8 Å². The van der Waals surface area contributed by atoms with E-state index < -0.39 is 54.3 Å². The fourth-order valence-corrected chi connectivity index (χ4v) is 7.43. The normalized spacial score (nSPS) is 28.4. The lowest BCUT2D eigenvalue weighted by Gasteiger charge is -2.44. The molecular formula is C21H22F3N5O2S. The third kappa shape index (κ3) is 3.17. The number of carbonyl (C=O) groups is 1. The number of pyridine rings is 1. The van der Waals surface area contributed by atoms with E-state index in [2.05, 4.69) is 19.7 Å². The van der Waals surface area contributed by atoms with Crippen molar-refractivity contribution < 1.29 is 22.2 Å². The summed E-state index contributed by atoms with van der Waals surface area (Å²) in [5, 5.41) is 1.85. The van der Waals surface area contributed by atoms with Gasteiger partial charge in [-0.15, -0.1) is 0 Å². The monoisotopic (exact) mass is 465 g/mol. The number of benzene rings is 1. The van der Waals surface area contributed by atoms with E-state index in [4.69, 9.17) is 5.73 Å². The van der Waals surface area contributed by atoms with Crippen LogP contribution in [-0.4, -0.2) is 37.5 Å². The number of rotatable bonds is 3. The topological polar surface area (TPSA) is 110 Å². The molecule has 7 nitrogen and oxygen atoms in total. The predicted octanol–water partition coefficient (Wildman–Crippen LogP) is 3.36. The summed E-state index contributed by atoms with van der Waals surface area (Å²) in [7, 11) is -2.86. The fraction of sp³-hybridized carbons (Fsp3) is 0.381. The maximum Gasteiger partial charge on any atom is 0.277 e. The lowest BCUT2D eigenvalue weighted by molar-refractivity contribution is 0.101. The van der Waals surface area contributed by atoms with Crippen molar-refractivity contribution in [3.63, 3.8) is 0 Å². The molecule has 2 aliphatic heterocycles. The SMILES string of the molecule is CC1(C)C(N)=N[C@](C)(c2cc(NC(=O)c3ncc(F)cc3F)ccc2F)[C@@H]2CCN=S21=O. The summed E-state index contributed by atoms with van der Waals surface area (Å²) in [6.07, 6.45) is 1.16. The van der Waals surface area contributed by atoms with Crippen molar-refractivity contribution >= 4 is 27.2 Å². The van der Waals surface area contributed by atoms with Crippen LogP contribution in [0.1, 0.15) is 43.2 Å². The van der Waals surface area contributed by atoms with Gasteiger partial charge >= 0.3 is 0 Å². The molecule has 2 aliphatic rings. The van der Waals surface area contributed by atoms with E-state index in [0.29, 0.717) is 19.0 Å². The molecule has 4 rings (SSSR count). The minimum absolute atomic E-state index is 0.0797. The molecule has 1 unspecified atom stereocenters. The smallest absolute Gasteiger partial charge is 0.277 e. The van der Waals surface area contributed by atoms with Gasteiger partial charge in [-0.3, -0.25) is 9.79 Å². The summed E-state index contributed by atoms with van der Waals surface area (Å²) < 4.78 is 59.2. The molecule has 32 heavy (non-hydrogen) atoms. The Hall–Kier alpha value is -2.95. The van der Waals surface area contributed by atoms with Crippen molar-refractivity contribution in [1.82, 2.24) is 4.98 Å². The van der Waals surface area contributed by atoms with Gasteiger partial charge in [-0.1, -0.05) is 0 Å². The first-order valence-electron chi connectivity index (χ1n) is 9.90. The van der Waals surface area contributed by atoms with Crippen LogP contribution in [-0.2, 0) is 15.3 Å². The molecular weight excluding hydrogens is 443 g/mol. The van der Waals surface area contributed by atoms with Crippen LogP contribution in [0, 0.1) is 17.5 Å². The standard InChI is InChI=1S/C21H22F3N5O2S/c1-20(2)19(25)29-21(3,16-6-7-27-32(16,20)31)13-9-12(4-5-14(13)23)28-18(30)17-15(24)8-11(22)10-26-17/h4-5,8-10,16H,6-7H2,1-3H3,(H2,25,29)(H,28,30)/t16-,21+,32?/m0/s1. The molecule has 1 aromatic heterocycles. The van der Waals surface area contributed by atoms with E-state index in [9.17, 15) is 17.8 Å². The van der Waals surface area contributed by atoms with Gasteiger partial charge < -0.3 is 11.1 Å². The fourth-order valence-electron chi connectivity index (χ4n) is 4.27. The van der Waals surface area contributed by atoms with Gasteiger partial charge in [0.2, 0.25) is 0 Å². The second-order valence-electron chi connectivity index (χ2n) is 8.49. The molecule has 0 saturated heterocycles. The van der Waals surface area contributed by atoms with Crippen molar-refractivity contribution in [2.75, 3.05) is 11.9 Å². The first kappa shape index (κ1) is 22.3. The first-order chi connectivity index (χ1) is 14.9. The maximum absolute atomic E-state index is 15.0. The molecule has 0 radical (unpaired) electrons. The molecule has 0 bridgehead atoms. The molecule has 2 aromatic rings. The summed E-state index contributed by atoms with van der Waals surface area (Å²) in [6.45, 7) is 5.42. The Morgan fingerprint density at radius 2 is 1.91 bits per heavy atom. The number of aliphatic imine (C=N–C) groups is 1. The molecule has 170 valence electrons. The highest BCUT2D eigenvalue weighted by Gasteiger charge is 2.56. The number of aromatic nitrogens is 1. The van der Waals surface area contributed by atoms with Crippen LogP contribution >= 0.6 is 0 Å². The number of hydrogen-bond donors (Lipinski definition) is 2. The summed E-state index contributed by atoms with van der Waals surface area (Å²) in [5.41, 5.74) is 4.50. The van der Waals surface area contributed by atoms with Crippen LogP contribution in [0.3, 0.4) is 0 Å². The third-order valence-corrected chi connectivity index (χ3v) is 9.88. The van der Waals surface area contributed by atoms with Gasteiger partial charge in [-0.2, -0.15) is 0 Å². The van der Waals surface area contributed by atoms with Gasteiger partial charge in [0.15, 0.2) is 11.5 Å². The van der Waals surface area contributed by atoms with Crippen LogP contribution < -0.4 is 11.1 Å². The molecule has 0 spiro atoms. The van der Waals surface area contributed by atoms with E-state index in [1.807, 2.05) is 0 Å². The molecule has 3 atom stereocenters. The molecule has 3 N–H and O–H groups in total. The number of hydrogen-bond acceptors (Lipinski definition) is 6. The van der Waals surface area contributed by atoms with Crippen LogP contribution in [0.4, 0.5) is 18.9 Å². The second kappa shape index (κ2) is 7.29. The van der Waals surface area contributed by atoms with Crippen LogP contribution in [0.15, 0.2) is 39.8 Å². The Bertz CT molecular complexity index is 1290. The van der Waals surface area contributed by atoms with Gasteiger partial charge in [-0.05, 0) is 45.4 Å². The summed E-state index contributed by atoms with van der Waals surface area (Å²) in [5.74, 6) is -3.49. The van der Waals surface area contributed by atoms with Gasteiger partial charge in [0, 0.05) is 23.9 Å². The quantitative estimate of drug-likeness (QED) is 0.724. The largest absolute Gasteiger partial charge is 0.386 e. The highest BCUT2D eigenvalue weighted by molar-refractivity contribution is 7.96. The number of nitrogens with two attached hydrogens (primary N) is 1. The van der Waals surface area contributed by atoms with E-state index in [1.165, 1.54) is 12.1 Å². The minimum atomic E-state index is -2.86. The summed E-state index contributed by atoms with van der Waals surface area (Å²) in [4.78, 5) is 20.5. The Morgan fingerprint density at radius 1 is 1.19 bits per heavy atom. The second-order valence-corrected chi connectivity index (χ2v) is 11.5. The van der Waals surface area contributed by atoms with E-state index in [0.717, 1.165) is 12.3 Å². The third-order valence-electron chi connectivity index (χ3n) is 6.18. The van der Waals surface area contributed by atoms with Gasteiger partial charge in [-0.25, -0.2) is 26.7 Å². The number of nitrogens with zero attached hydrogens (tertiary/aromatic N) is 3. The Labute approximate surface area is 183 Å². The Kier molecular flexibility index (Phi) is 5.07. The van der Waals surface area contributed by atoms with Crippen molar-refractivity contribution in [2.24, 2.45) is 15.1 Å². The molecule has 3 heterocycles. The lowest BCUT2D eigenvalue weighted by Crippen LogP contribution is -2.58. The van der Waals surface area contributed by atoms with Crippen molar-refractivity contribution in [3.8, 4) is 0 Å². The minimum Gasteiger partial charge on any atom is -0.386 e. The molecule has 0 fully saturated rings. The van der Waals surface area contributed by atoms with Crippen LogP contribution in [0.25, 0.3) is 0 Å². The average Bonchev–Trinajstić information content (AvgIpc) is 3.13. The number of anilines is 1. The zero-order valence-electron chi connectivity index (χ0n) is 17.7. The zero-order chi connectivity index (χ0) is 23.5. The summed E-state index contributed by atoms with van der Waals surface area (Å²) >= 11 is 0. The molecule has 1 amide bonds. The lowest BCUT2D eigenvalue weighted by atomic mass is 9.85. The van der Waals surface area contributed by atoms with Gasteiger partial charge in [0.05, 0.1) is 21.2 Å². The molecule has 1 aromatic carbocycles. The highest BCUT2D eigenvalue weighted by atomic mass is 32.2. The molecule has 11 heteroatoms. The molecule has 0 aliphatic carbocycles. The number of halogens is 3. The van der Waals surface area contributed by atoms with Gasteiger partial charge in [0.1, 0.15) is 27.8 Å². The average molecular weight is 466 g/mol. The zero-order valence-corrected chi connectivity index (χ0v) is 18.5. The van der Waals surface area contributed by atoms with Crippen LogP contribution in [0.5, 0.6) is 0 Å². The predicted molar refractivity (Wildman–Crippen MR) is 115 cm³/mol. The molecule has 0 saturated carbocycles. The van der Waals surface area contributed by atoms with E-state index in [-0.39, 0.29) is 17.1 Å². The van der Waals surface area contributed by atoms with Crippen molar-refractivity contribution in [2.45, 2.75) is 42.7 Å². The number of fused-ring (bicyclic) bond motifs is 1. The first-order valence-corrected chi connectivity index (χ1v) is 11.5. The Balaban J connectivity index is 1.76. The van der Waals surface area contributed by atoms with Crippen LogP contribution in [0.2, 0.25) is 0 Å². The number of nitrogens with one attached hydrogen (secondary N) is 1. The van der Waals surface area contributed by atoms with Gasteiger partial charge in [0.25, 0.3) is 5.91 Å². The summed E-state index contributed by atoms with van der Waals surface area (Å²) in [6, 6.07) is 4.31. The van der Waals surface area contributed by atoms with Crippen molar-refractivity contribution in [1.29, 1.82) is 0 Å². The number of amides is 1. The van der Waals surface area contributed by atoms with E-state index >= 15 is 4.39 Å². The van der Waals surface area contributed by atoms with Crippen molar-refractivity contribution in [3.05, 3.63) is 59.2 Å². The maximum atomic E-state index is 15.0. The Morgan fingerprint density at radius 3 is 2.59 bits per heavy atom. The highest BCUT2D eigenvalue weighted by Crippen LogP contribution is 2.48. The number of carbonyl (C=O) groups excluding carboxylic acids is 1.